The van der Waals surface area contributed by atoms with Gasteiger partial charge in [0.05, 0.1) is 18.5 Å². The van der Waals surface area contributed by atoms with Crippen LogP contribution in [0.3, 0.4) is 0 Å². The van der Waals surface area contributed by atoms with Crippen LogP contribution in [0.4, 0.5) is 0 Å². The van der Waals surface area contributed by atoms with E-state index in [4.69, 9.17) is 27.9 Å². The van der Waals surface area contributed by atoms with Gasteiger partial charge < -0.3 is 20.3 Å². The number of thioether (sulfide) groups is 1. The summed E-state index contributed by atoms with van der Waals surface area (Å²) >= 11 is 14.0. The molecule has 0 bridgehead atoms. The number of benzene rings is 3. The maximum absolute atomic E-state index is 13.6. The van der Waals surface area contributed by atoms with E-state index in [0.717, 1.165) is 55.6 Å². The standard InChI is InChI=1S/C31H34Cl2N4O4S/c32-23-9-10-25(26(33)17-23)31-37(20-29(39)34-11-4-12-36-13-15-41-16-14-36)30(40)27(42-31)18-28(38)35-19-22-7-3-6-21-5-1-2-8-24(21)22/h1-3,5-10,17,27,31H,4,11-16,18-20H2,(H,34,39)(H,35,38)/t27-,31-/m1/s1. The number of morpholine rings is 1. The van der Waals surface area contributed by atoms with Crippen LogP contribution in [0, 0.1) is 0 Å². The summed E-state index contributed by atoms with van der Waals surface area (Å²) in [5.74, 6) is -0.744. The molecule has 3 amide bonds. The second-order valence-corrected chi connectivity index (χ2v) is 12.5. The van der Waals surface area contributed by atoms with E-state index in [2.05, 4.69) is 15.5 Å². The van der Waals surface area contributed by atoms with E-state index in [1.54, 1.807) is 18.2 Å². The Bertz CT molecular complexity index is 1430. The first-order chi connectivity index (χ1) is 20.4. The molecule has 8 nitrogen and oxygen atoms in total. The topological polar surface area (TPSA) is 91.0 Å². The fourth-order valence-electron chi connectivity index (χ4n) is 5.27. The van der Waals surface area contributed by atoms with Gasteiger partial charge in [0.1, 0.15) is 11.9 Å². The molecule has 2 aliphatic rings. The van der Waals surface area contributed by atoms with Crippen LogP contribution in [-0.2, 0) is 25.7 Å². The second kappa shape index (κ2) is 14.6. The summed E-state index contributed by atoms with van der Waals surface area (Å²) in [5, 5.41) is 7.81. The predicted molar refractivity (Wildman–Crippen MR) is 168 cm³/mol. The van der Waals surface area contributed by atoms with Gasteiger partial charge in [-0.05, 0) is 41.4 Å². The highest BCUT2D eigenvalue weighted by Crippen LogP contribution is 2.46. The molecule has 2 atom stereocenters. The third-order valence-electron chi connectivity index (χ3n) is 7.48. The van der Waals surface area contributed by atoms with Crippen LogP contribution in [0.5, 0.6) is 0 Å². The number of fused-ring (bicyclic) bond motifs is 1. The molecule has 2 N–H and O–H groups in total. The van der Waals surface area contributed by atoms with Crippen molar-refractivity contribution in [1.82, 2.24) is 20.4 Å². The molecule has 222 valence electrons. The number of carbonyl (C=O) groups excluding carboxylic acids is 3. The van der Waals surface area contributed by atoms with Gasteiger partial charge in [-0.3, -0.25) is 19.3 Å². The van der Waals surface area contributed by atoms with Gasteiger partial charge in [-0.15, -0.1) is 11.8 Å². The fraction of sp³-hybridized carbons (Fsp3) is 0.387. The van der Waals surface area contributed by atoms with E-state index < -0.39 is 10.6 Å². The molecule has 42 heavy (non-hydrogen) atoms. The quantitative estimate of drug-likeness (QED) is 0.301. The van der Waals surface area contributed by atoms with E-state index >= 15 is 0 Å². The van der Waals surface area contributed by atoms with Crippen LogP contribution in [0.1, 0.15) is 29.3 Å². The molecular weight excluding hydrogens is 595 g/mol. The van der Waals surface area contributed by atoms with Gasteiger partial charge in [0.15, 0.2) is 0 Å². The minimum atomic E-state index is -0.650. The Morgan fingerprint density at radius 1 is 0.976 bits per heavy atom. The lowest BCUT2D eigenvalue weighted by molar-refractivity contribution is -0.136. The van der Waals surface area contributed by atoms with Crippen molar-refractivity contribution in [2.45, 2.75) is 30.0 Å². The van der Waals surface area contributed by atoms with E-state index in [-0.39, 0.29) is 30.7 Å². The minimum absolute atomic E-state index is 0.00631. The van der Waals surface area contributed by atoms with Crippen LogP contribution < -0.4 is 10.6 Å². The van der Waals surface area contributed by atoms with E-state index in [0.29, 0.717) is 28.7 Å². The summed E-state index contributed by atoms with van der Waals surface area (Å²) in [6, 6.07) is 19.1. The predicted octanol–water partition coefficient (Wildman–Crippen LogP) is 4.63. The van der Waals surface area contributed by atoms with Crippen molar-refractivity contribution in [2.24, 2.45) is 0 Å². The Hall–Kier alpha value is -2.82. The third kappa shape index (κ3) is 7.76. The molecular formula is C31H34Cl2N4O4S. The summed E-state index contributed by atoms with van der Waals surface area (Å²) < 4.78 is 5.38. The molecule has 2 saturated heterocycles. The number of hydrogen-bond donors (Lipinski definition) is 2. The fourth-order valence-corrected chi connectivity index (χ4v) is 7.34. The van der Waals surface area contributed by atoms with Gasteiger partial charge in [0.2, 0.25) is 17.7 Å². The third-order valence-corrected chi connectivity index (χ3v) is 9.51. The molecule has 2 heterocycles. The molecule has 0 radical (unpaired) electrons. The Morgan fingerprint density at radius 3 is 2.57 bits per heavy atom. The molecule has 0 aromatic heterocycles. The molecule has 5 rings (SSSR count). The maximum Gasteiger partial charge on any atom is 0.239 e. The Kier molecular flexibility index (Phi) is 10.6. The first-order valence-corrected chi connectivity index (χ1v) is 15.8. The van der Waals surface area contributed by atoms with Gasteiger partial charge in [-0.1, -0.05) is 71.7 Å². The van der Waals surface area contributed by atoms with Gasteiger partial charge in [-0.25, -0.2) is 0 Å². The molecule has 0 aliphatic carbocycles. The second-order valence-electron chi connectivity index (χ2n) is 10.4. The van der Waals surface area contributed by atoms with Gasteiger partial charge in [0, 0.05) is 48.2 Å². The number of carbonyl (C=O) groups is 3. The molecule has 2 fully saturated rings. The zero-order valence-electron chi connectivity index (χ0n) is 23.2. The van der Waals surface area contributed by atoms with Crippen molar-refractivity contribution >= 4 is 63.5 Å². The highest BCUT2D eigenvalue weighted by atomic mass is 35.5. The smallest absolute Gasteiger partial charge is 0.239 e. The molecule has 0 spiro atoms. The molecule has 11 heteroatoms. The van der Waals surface area contributed by atoms with E-state index in [9.17, 15) is 14.4 Å². The van der Waals surface area contributed by atoms with Crippen LogP contribution in [0.2, 0.25) is 10.0 Å². The highest BCUT2D eigenvalue weighted by Gasteiger charge is 2.43. The number of nitrogens with one attached hydrogen (secondary N) is 2. The van der Waals surface area contributed by atoms with Gasteiger partial charge >= 0.3 is 0 Å². The largest absolute Gasteiger partial charge is 0.379 e. The van der Waals surface area contributed by atoms with Crippen molar-refractivity contribution in [3.8, 4) is 0 Å². The SMILES string of the molecule is O=C(C[C@H]1S[C@H](c2ccc(Cl)cc2Cl)N(CC(=O)NCCCN2CCOCC2)C1=O)NCc1cccc2ccccc12. The number of rotatable bonds is 11. The van der Waals surface area contributed by atoms with Gasteiger partial charge in [0.25, 0.3) is 0 Å². The number of ether oxygens (including phenoxy) is 1. The Morgan fingerprint density at radius 2 is 1.76 bits per heavy atom. The van der Waals surface area contributed by atoms with Crippen molar-refractivity contribution in [2.75, 3.05) is 45.9 Å². The zero-order valence-corrected chi connectivity index (χ0v) is 25.5. The van der Waals surface area contributed by atoms with Crippen molar-refractivity contribution in [3.63, 3.8) is 0 Å². The Labute approximate surface area is 260 Å². The molecule has 0 unspecified atom stereocenters. The normalized spacial score (nSPS) is 19.3. The minimum Gasteiger partial charge on any atom is -0.379 e. The maximum atomic E-state index is 13.6. The number of hydrogen-bond acceptors (Lipinski definition) is 6. The van der Waals surface area contributed by atoms with Crippen LogP contribution in [0.15, 0.2) is 60.7 Å². The zero-order chi connectivity index (χ0) is 29.5. The van der Waals surface area contributed by atoms with Gasteiger partial charge in [-0.2, -0.15) is 0 Å². The van der Waals surface area contributed by atoms with Crippen LogP contribution >= 0.6 is 35.0 Å². The molecule has 3 aromatic rings. The van der Waals surface area contributed by atoms with Crippen molar-refractivity contribution in [1.29, 1.82) is 0 Å². The number of halogens is 2. The molecule has 3 aromatic carbocycles. The average Bonchev–Trinajstić information content (AvgIpc) is 3.28. The van der Waals surface area contributed by atoms with E-state index in [1.807, 2.05) is 42.5 Å². The van der Waals surface area contributed by atoms with Crippen molar-refractivity contribution < 1.29 is 19.1 Å². The highest BCUT2D eigenvalue weighted by molar-refractivity contribution is 8.01. The monoisotopic (exact) mass is 628 g/mol. The Balaban J connectivity index is 1.21. The van der Waals surface area contributed by atoms with E-state index in [1.165, 1.54) is 16.7 Å². The lowest BCUT2D eigenvalue weighted by Crippen LogP contribution is -2.42. The molecule has 0 saturated carbocycles. The lowest BCUT2D eigenvalue weighted by Gasteiger charge is -2.26. The summed E-state index contributed by atoms with van der Waals surface area (Å²) in [6.45, 7) is 4.88. The lowest BCUT2D eigenvalue weighted by atomic mass is 10.0. The summed E-state index contributed by atoms with van der Waals surface area (Å²) in [5.41, 5.74) is 1.68. The first-order valence-electron chi connectivity index (χ1n) is 14.1. The summed E-state index contributed by atoms with van der Waals surface area (Å²) in [4.78, 5) is 43.3. The van der Waals surface area contributed by atoms with Crippen LogP contribution in [-0.4, -0.2) is 78.7 Å². The summed E-state index contributed by atoms with van der Waals surface area (Å²) in [7, 11) is 0. The number of amides is 3. The van der Waals surface area contributed by atoms with Crippen LogP contribution in [0.25, 0.3) is 10.8 Å². The summed E-state index contributed by atoms with van der Waals surface area (Å²) in [6.07, 6.45) is 0.800. The molecule has 2 aliphatic heterocycles. The van der Waals surface area contributed by atoms with Crippen molar-refractivity contribution in [3.05, 3.63) is 81.8 Å². The average molecular weight is 630 g/mol. The first kappa shape index (κ1) is 30.6. The number of nitrogens with zero attached hydrogens (tertiary/aromatic N) is 2.